The maximum absolute atomic E-state index is 13.1. The molecule has 1 unspecified atom stereocenters. The number of halogens is 2. The second-order valence-corrected chi connectivity index (χ2v) is 2.88. The predicted molar refractivity (Wildman–Crippen MR) is 43.5 cm³/mol. The van der Waals surface area contributed by atoms with Gasteiger partial charge in [0.15, 0.2) is 17.4 Å². The quantitative estimate of drug-likeness (QED) is 0.742. The summed E-state index contributed by atoms with van der Waals surface area (Å²) >= 11 is 0. The normalized spacial score (nSPS) is 12.9. The molecule has 0 aromatic heterocycles. The van der Waals surface area contributed by atoms with E-state index < -0.39 is 23.3 Å². The minimum Gasteiger partial charge on any atom is -0.503 e. The maximum atomic E-state index is 13.1. The lowest BCUT2D eigenvalue weighted by Gasteiger charge is -2.10. The number of aliphatic hydroxyl groups is 1. The minimum atomic E-state index is -0.999. The third kappa shape index (κ3) is 1.78. The van der Waals surface area contributed by atoms with Gasteiger partial charge in [0.05, 0.1) is 0 Å². The van der Waals surface area contributed by atoms with Gasteiger partial charge in [-0.2, -0.15) is 0 Å². The van der Waals surface area contributed by atoms with Crippen molar-refractivity contribution in [3.05, 3.63) is 29.3 Å². The Labute approximate surface area is 74.4 Å². The van der Waals surface area contributed by atoms with E-state index in [-0.39, 0.29) is 12.2 Å². The van der Waals surface area contributed by atoms with Gasteiger partial charge in [0, 0.05) is 12.5 Å². The highest BCUT2D eigenvalue weighted by atomic mass is 19.1. The lowest BCUT2D eigenvalue weighted by Crippen LogP contribution is -2.02. The molecule has 0 heterocycles. The van der Waals surface area contributed by atoms with Gasteiger partial charge >= 0.3 is 0 Å². The molecule has 0 amide bonds. The SMILES string of the molecule is CC(CO)c1ccc(F)c(O)c1F. The van der Waals surface area contributed by atoms with Crippen molar-refractivity contribution in [2.24, 2.45) is 0 Å². The van der Waals surface area contributed by atoms with Crippen LogP contribution in [0.15, 0.2) is 12.1 Å². The zero-order valence-corrected chi connectivity index (χ0v) is 7.09. The highest BCUT2D eigenvalue weighted by Crippen LogP contribution is 2.27. The van der Waals surface area contributed by atoms with Gasteiger partial charge in [-0.1, -0.05) is 13.0 Å². The number of aromatic hydroxyl groups is 1. The summed E-state index contributed by atoms with van der Waals surface area (Å²) < 4.78 is 25.7. The van der Waals surface area contributed by atoms with Crippen molar-refractivity contribution < 1.29 is 19.0 Å². The highest BCUT2D eigenvalue weighted by molar-refractivity contribution is 5.33. The lowest BCUT2D eigenvalue weighted by molar-refractivity contribution is 0.269. The van der Waals surface area contributed by atoms with E-state index in [2.05, 4.69) is 0 Å². The van der Waals surface area contributed by atoms with Crippen LogP contribution in [-0.2, 0) is 0 Å². The Morgan fingerprint density at radius 3 is 2.54 bits per heavy atom. The molecule has 1 rings (SSSR count). The van der Waals surface area contributed by atoms with E-state index in [0.717, 1.165) is 6.07 Å². The van der Waals surface area contributed by atoms with E-state index in [1.54, 1.807) is 6.92 Å². The molecular formula is C9H10F2O2. The van der Waals surface area contributed by atoms with Crippen LogP contribution >= 0.6 is 0 Å². The molecule has 0 spiro atoms. The minimum absolute atomic E-state index is 0.112. The first-order chi connectivity index (χ1) is 6.07. The molecular weight excluding hydrogens is 178 g/mol. The summed E-state index contributed by atoms with van der Waals surface area (Å²) in [5.74, 6) is -3.43. The molecule has 0 radical (unpaired) electrons. The molecule has 0 aliphatic rings. The zero-order valence-electron chi connectivity index (χ0n) is 7.09. The fraction of sp³-hybridized carbons (Fsp3) is 0.333. The van der Waals surface area contributed by atoms with Crippen LogP contribution in [0.5, 0.6) is 5.75 Å². The Bertz CT molecular complexity index is 313. The van der Waals surface area contributed by atoms with E-state index in [0.29, 0.717) is 0 Å². The van der Waals surface area contributed by atoms with E-state index in [1.165, 1.54) is 6.07 Å². The van der Waals surface area contributed by atoms with Gasteiger partial charge < -0.3 is 10.2 Å². The third-order valence-electron chi connectivity index (χ3n) is 1.90. The highest BCUT2D eigenvalue weighted by Gasteiger charge is 2.16. The number of phenolic OH excluding ortho intramolecular Hbond substituents is 1. The zero-order chi connectivity index (χ0) is 10.0. The Morgan fingerprint density at radius 1 is 1.38 bits per heavy atom. The van der Waals surface area contributed by atoms with E-state index in [4.69, 9.17) is 10.2 Å². The van der Waals surface area contributed by atoms with Crippen molar-refractivity contribution in [3.63, 3.8) is 0 Å². The molecule has 2 N–H and O–H groups in total. The van der Waals surface area contributed by atoms with Crippen LogP contribution in [0.4, 0.5) is 8.78 Å². The Hall–Kier alpha value is -1.16. The van der Waals surface area contributed by atoms with Crippen molar-refractivity contribution >= 4 is 0 Å². The van der Waals surface area contributed by atoms with Gasteiger partial charge in [-0.15, -0.1) is 0 Å². The molecule has 1 aromatic rings. The van der Waals surface area contributed by atoms with Gasteiger partial charge in [0.2, 0.25) is 0 Å². The molecule has 0 bridgehead atoms. The van der Waals surface area contributed by atoms with Gasteiger partial charge in [-0.3, -0.25) is 0 Å². The Kier molecular flexibility index (Phi) is 2.83. The number of rotatable bonds is 2. The number of hydrogen-bond donors (Lipinski definition) is 2. The van der Waals surface area contributed by atoms with Crippen molar-refractivity contribution in [3.8, 4) is 5.75 Å². The van der Waals surface area contributed by atoms with Crippen molar-refractivity contribution in [1.82, 2.24) is 0 Å². The molecule has 2 nitrogen and oxygen atoms in total. The summed E-state index contributed by atoms with van der Waals surface area (Å²) in [6.45, 7) is 1.33. The van der Waals surface area contributed by atoms with Crippen LogP contribution in [0.25, 0.3) is 0 Å². The topological polar surface area (TPSA) is 40.5 Å². The third-order valence-corrected chi connectivity index (χ3v) is 1.90. The summed E-state index contributed by atoms with van der Waals surface area (Å²) in [5.41, 5.74) is 0.112. The Morgan fingerprint density at radius 2 is 2.00 bits per heavy atom. The molecule has 0 saturated heterocycles. The summed E-state index contributed by atoms with van der Waals surface area (Å²) in [7, 11) is 0. The molecule has 1 aromatic carbocycles. The Balaban J connectivity index is 3.18. The van der Waals surface area contributed by atoms with Gasteiger partial charge in [-0.25, -0.2) is 8.78 Å². The first-order valence-electron chi connectivity index (χ1n) is 3.85. The summed E-state index contributed by atoms with van der Waals surface area (Å²) in [6.07, 6.45) is 0. The smallest absolute Gasteiger partial charge is 0.188 e. The first kappa shape index (κ1) is 9.92. The number of hydrogen-bond acceptors (Lipinski definition) is 2. The molecule has 72 valence electrons. The first-order valence-corrected chi connectivity index (χ1v) is 3.85. The molecule has 0 fully saturated rings. The molecule has 0 saturated carbocycles. The van der Waals surface area contributed by atoms with Gasteiger partial charge in [-0.05, 0) is 11.6 Å². The van der Waals surface area contributed by atoms with Crippen LogP contribution in [0, 0.1) is 11.6 Å². The molecule has 13 heavy (non-hydrogen) atoms. The molecule has 1 atom stereocenters. The number of phenols is 1. The average Bonchev–Trinajstić information content (AvgIpc) is 2.13. The van der Waals surface area contributed by atoms with Gasteiger partial charge in [0.1, 0.15) is 0 Å². The van der Waals surface area contributed by atoms with E-state index in [9.17, 15) is 8.78 Å². The lowest BCUT2D eigenvalue weighted by atomic mass is 10.0. The van der Waals surface area contributed by atoms with E-state index >= 15 is 0 Å². The summed E-state index contributed by atoms with van der Waals surface area (Å²) in [6, 6.07) is 2.19. The summed E-state index contributed by atoms with van der Waals surface area (Å²) in [4.78, 5) is 0. The average molecular weight is 188 g/mol. The van der Waals surface area contributed by atoms with Crippen molar-refractivity contribution in [2.45, 2.75) is 12.8 Å². The van der Waals surface area contributed by atoms with Crippen LogP contribution in [-0.4, -0.2) is 16.8 Å². The summed E-state index contributed by atoms with van der Waals surface area (Å²) in [5, 5.41) is 17.6. The van der Waals surface area contributed by atoms with Crippen LogP contribution in [0.2, 0.25) is 0 Å². The maximum Gasteiger partial charge on any atom is 0.188 e. The second kappa shape index (κ2) is 3.70. The van der Waals surface area contributed by atoms with Crippen molar-refractivity contribution in [1.29, 1.82) is 0 Å². The fourth-order valence-electron chi connectivity index (χ4n) is 1.04. The molecule has 4 heteroatoms. The van der Waals surface area contributed by atoms with Gasteiger partial charge in [0.25, 0.3) is 0 Å². The molecule has 0 aliphatic carbocycles. The fourth-order valence-corrected chi connectivity index (χ4v) is 1.04. The number of benzene rings is 1. The second-order valence-electron chi connectivity index (χ2n) is 2.88. The van der Waals surface area contributed by atoms with Crippen LogP contribution in [0.1, 0.15) is 18.4 Å². The largest absolute Gasteiger partial charge is 0.503 e. The molecule has 0 aliphatic heterocycles. The van der Waals surface area contributed by atoms with Crippen LogP contribution < -0.4 is 0 Å². The number of aliphatic hydroxyl groups excluding tert-OH is 1. The predicted octanol–water partition coefficient (Wildman–Crippen LogP) is 1.77. The standard InChI is InChI=1S/C9H10F2O2/c1-5(4-12)6-2-3-7(10)9(13)8(6)11/h2-3,5,12-13H,4H2,1H3. The van der Waals surface area contributed by atoms with E-state index in [1.807, 2.05) is 0 Å². The van der Waals surface area contributed by atoms with Crippen LogP contribution in [0.3, 0.4) is 0 Å². The monoisotopic (exact) mass is 188 g/mol. The van der Waals surface area contributed by atoms with Crippen molar-refractivity contribution in [2.75, 3.05) is 6.61 Å².